The molecule has 0 saturated carbocycles. The minimum atomic E-state index is -3.30. The summed E-state index contributed by atoms with van der Waals surface area (Å²) in [7, 11) is -3.30. The van der Waals surface area contributed by atoms with E-state index in [2.05, 4.69) is 20.7 Å². The van der Waals surface area contributed by atoms with Gasteiger partial charge < -0.3 is 4.74 Å². The van der Waals surface area contributed by atoms with E-state index in [9.17, 15) is 8.42 Å². The average Bonchev–Trinajstić information content (AvgIpc) is 2.40. The molecule has 1 aromatic carbocycles. The van der Waals surface area contributed by atoms with Crippen LogP contribution in [0.4, 0.5) is 0 Å². The fraction of sp³-hybridized carbons (Fsp3) is 0.600. The van der Waals surface area contributed by atoms with Crippen molar-refractivity contribution in [3.8, 4) is 0 Å². The summed E-state index contributed by atoms with van der Waals surface area (Å²) in [5.41, 5.74) is 1.14. The predicted molar refractivity (Wildman–Crippen MR) is 87.8 cm³/mol. The molecule has 1 saturated heterocycles. The van der Waals surface area contributed by atoms with Gasteiger partial charge in [-0.25, -0.2) is 13.1 Å². The van der Waals surface area contributed by atoms with Crippen LogP contribution < -0.4 is 4.72 Å². The molecular formula is C15H22BrNO3S. The van der Waals surface area contributed by atoms with Gasteiger partial charge in [-0.1, -0.05) is 28.1 Å². The van der Waals surface area contributed by atoms with Gasteiger partial charge in [-0.05, 0) is 44.4 Å². The first-order chi connectivity index (χ1) is 9.88. The SMILES string of the molecule is CC(C)NS(=O)(=O)[C@@H]1CCOC[C@@H]1Cc1ccc(Br)cc1. The molecule has 21 heavy (non-hydrogen) atoms. The molecular weight excluding hydrogens is 354 g/mol. The molecule has 2 atom stereocenters. The van der Waals surface area contributed by atoms with Gasteiger partial charge in [0.1, 0.15) is 0 Å². The fourth-order valence-electron chi connectivity index (χ4n) is 2.72. The number of rotatable bonds is 5. The zero-order valence-electron chi connectivity index (χ0n) is 12.4. The van der Waals surface area contributed by atoms with E-state index in [1.165, 1.54) is 0 Å². The Bertz CT molecular complexity index is 557. The van der Waals surface area contributed by atoms with Crippen LogP contribution >= 0.6 is 15.9 Å². The van der Waals surface area contributed by atoms with Crippen molar-refractivity contribution in [1.29, 1.82) is 0 Å². The molecule has 1 N–H and O–H groups in total. The van der Waals surface area contributed by atoms with Crippen LogP contribution in [0.1, 0.15) is 25.8 Å². The zero-order valence-corrected chi connectivity index (χ0v) is 14.8. The lowest BCUT2D eigenvalue weighted by Crippen LogP contribution is -2.46. The first-order valence-electron chi connectivity index (χ1n) is 7.22. The molecule has 6 heteroatoms. The Morgan fingerprint density at radius 2 is 2.00 bits per heavy atom. The van der Waals surface area contributed by atoms with Crippen LogP contribution in [0.2, 0.25) is 0 Å². The highest BCUT2D eigenvalue weighted by Gasteiger charge is 2.36. The minimum Gasteiger partial charge on any atom is -0.381 e. The Labute approximate surface area is 135 Å². The van der Waals surface area contributed by atoms with Crippen molar-refractivity contribution in [3.05, 3.63) is 34.3 Å². The second kappa shape index (κ2) is 7.22. The van der Waals surface area contributed by atoms with E-state index in [0.29, 0.717) is 19.6 Å². The largest absolute Gasteiger partial charge is 0.381 e. The smallest absolute Gasteiger partial charge is 0.215 e. The number of nitrogens with one attached hydrogen (secondary N) is 1. The van der Waals surface area contributed by atoms with E-state index in [-0.39, 0.29) is 17.2 Å². The number of halogens is 1. The summed E-state index contributed by atoms with van der Waals surface area (Å²) in [5.74, 6) is -0.00354. The van der Waals surface area contributed by atoms with Crippen molar-refractivity contribution in [1.82, 2.24) is 4.72 Å². The van der Waals surface area contributed by atoms with E-state index < -0.39 is 10.0 Å². The maximum absolute atomic E-state index is 12.5. The normalized spacial score (nSPS) is 23.4. The molecule has 1 fully saturated rings. The summed E-state index contributed by atoms with van der Waals surface area (Å²) in [6.07, 6.45) is 1.28. The van der Waals surface area contributed by atoms with Gasteiger partial charge in [0, 0.05) is 23.0 Å². The quantitative estimate of drug-likeness (QED) is 0.860. The number of hydrogen-bond acceptors (Lipinski definition) is 3. The van der Waals surface area contributed by atoms with E-state index in [4.69, 9.17) is 4.74 Å². The summed E-state index contributed by atoms with van der Waals surface area (Å²) in [6.45, 7) is 4.71. The summed E-state index contributed by atoms with van der Waals surface area (Å²) < 4.78 is 34.2. The topological polar surface area (TPSA) is 55.4 Å². The van der Waals surface area contributed by atoms with Crippen molar-refractivity contribution in [2.75, 3.05) is 13.2 Å². The molecule has 1 aliphatic rings. The van der Waals surface area contributed by atoms with Gasteiger partial charge in [-0.2, -0.15) is 0 Å². The van der Waals surface area contributed by atoms with Crippen molar-refractivity contribution >= 4 is 26.0 Å². The summed E-state index contributed by atoms with van der Waals surface area (Å²) >= 11 is 3.41. The third-order valence-corrected chi connectivity index (χ3v) is 6.36. The monoisotopic (exact) mass is 375 g/mol. The molecule has 1 aliphatic heterocycles. The Balaban J connectivity index is 2.13. The van der Waals surface area contributed by atoms with Gasteiger partial charge in [0.15, 0.2) is 0 Å². The first kappa shape index (κ1) is 16.9. The van der Waals surface area contributed by atoms with Gasteiger partial charge in [0.2, 0.25) is 10.0 Å². The second-order valence-electron chi connectivity index (χ2n) is 5.81. The van der Waals surface area contributed by atoms with Crippen LogP contribution in [0.5, 0.6) is 0 Å². The average molecular weight is 376 g/mol. The third-order valence-electron chi connectivity index (χ3n) is 3.61. The second-order valence-corrected chi connectivity index (χ2v) is 8.66. The lowest BCUT2D eigenvalue weighted by molar-refractivity contribution is 0.0569. The molecule has 0 aliphatic carbocycles. The summed E-state index contributed by atoms with van der Waals surface area (Å²) in [5, 5.41) is -0.378. The van der Waals surface area contributed by atoms with Crippen molar-refractivity contribution in [2.24, 2.45) is 5.92 Å². The van der Waals surface area contributed by atoms with Crippen molar-refractivity contribution < 1.29 is 13.2 Å². The zero-order chi connectivity index (χ0) is 15.5. The summed E-state index contributed by atoms with van der Waals surface area (Å²) in [4.78, 5) is 0. The van der Waals surface area contributed by atoms with Crippen LogP contribution in [0.15, 0.2) is 28.7 Å². The van der Waals surface area contributed by atoms with Gasteiger partial charge >= 0.3 is 0 Å². The number of ether oxygens (including phenoxy) is 1. The van der Waals surface area contributed by atoms with E-state index >= 15 is 0 Å². The Hall–Kier alpha value is -0.430. The number of benzene rings is 1. The number of sulfonamides is 1. The number of hydrogen-bond donors (Lipinski definition) is 1. The first-order valence-corrected chi connectivity index (χ1v) is 9.56. The van der Waals surface area contributed by atoms with E-state index in [0.717, 1.165) is 16.5 Å². The Morgan fingerprint density at radius 1 is 1.33 bits per heavy atom. The molecule has 0 amide bonds. The summed E-state index contributed by atoms with van der Waals surface area (Å²) in [6, 6.07) is 7.94. The van der Waals surface area contributed by atoms with Crippen LogP contribution in [0.25, 0.3) is 0 Å². The van der Waals surface area contributed by atoms with Gasteiger partial charge in [-0.3, -0.25) is 0 Å². The fourth-order valence-corrected chi connectivity index (χ4v) is 4.90. The molecule has 0 unspecified atom stereocenters. The Kier molecular flexibility index (Phi) is 5.82. The highest BCUT2D eigenvalue weighted by molar-refractivity contribution is 9.10. The van der Waals surface area contributed by atoms with Gasteiger partial charge in [0.05, 0.1) is 11.9 Å². The minimum absolute atomic E-state index is 0.00354. The van der Waals surface area contributed by atoms with Crippen molar-refractivity contribution in [2.45, 2.75) is 38.0 Å². The highest BCUT2D eigenvalue weighted by atomic mass is 79.9. The molecule has 4 nitrogen and oxygen atoms in total. The predicted octanol–water partition coefficient (Wildman–Crippen LogP) is 2.72. The van der Waals surface area contributed by atoms with Gasteiger partial charge in [0.25, 0.3) is 0 Å². The molecule has 1 heterocycles. The molecule has 0 bridgehead atoms. The lowest BCUT2D eigenvalue weighted by atomic mass is 9.94. The molecule has 0 aromatic heterocycles. The maximum atomic E-state index is 12.5. The van der Waals surface area contributed by atoms with Crippen molar-refractivity contribution in [3.63, 3.8) is 0 Å². The Morgan fingerprint density at radius 3 is 2.62 bits per heavy atom. The third kappa shape index (κ3) is 4.77. The lowest BCUT2D eigenvalue weighted by Gasteiger charge is -2.32. The van der Waals surface area contributed by atoms with Gasteiger partial charge in [-0.15, -0.1) is 0 Å². The van der Waals surface area contributed by atoms with Crippen LogP contribution in [0, 0.1) is 5.92 Å². The standard InChI is InChI=1S/C15H22BrNO3S/c1-11(2)17-21(18,19)15-7-8-20-10-13(15)9-12-3-5-14(16)6-4-12/h3-6,11,13,15,17H,7-10H2,1-2H3/t13-,15+/m0/s1. The molecule has 118 valence electrons. The van der Waals surface area contributed by atoms with Crippen LogP contribution in [-0.4, -0.2) is 32.9 Å². The van der Waals surface area contributed by atoms with E-state index in [1.807, 2.05) is 38.1 Å². The molecule has 0 radical (unpaired) electrons. The maximum Gasteiger partial charge on any atom is 0.215 e. The van der Waals surface area contributed by atoms with Crippen LogP contribution in [-0.2, 0) is 21.2 Å². The molecule has 1 aromatic rings. The van der Waals surface area contributed by atoms with Crippen LogP contribution in [0.3, 0.4) is 0 Å². The van der Waals surface area contributed by atoms with E-state index in [1.54, 1.807) is 0 Å². The highest BCUT2D eigenvalue weighted by Crippen LogP contribution is 2.26. The molecule has 0 spiro atoms. The molecule has 2 rings (SSSR count).